The van der Waals surface area contributed by atoms with Crippen LogP contribution in [0.4, 0.5) is 16.2 Å². The van der Waals surface area contributed by atoms with Crippen molar-refractivity contribution in [3.63, 3.8) is 0 Å². The van der Waals surface area contributed by atoms with E-state index in [1.54, 1.807) is 96.9 Å². The third-order valence-electron chi connectivity index (χ3n) is 9.84. The Kier molecular flexibility index (Phi) is 24.8. The number of carbonyl (C=O) groups excluding carboxylic acids is 8. The molecule has 1 saturated heterocycles. The second-order valence-corrected chi connectivity index (χ2v) is 21.3. The van der Waals surface area contributed by atoms with E-state index in [9.17, 15) is 38.4 Å². The molecule has 0 radical (unpaired) electrons. The minimum Gasteiger partial charge on any atom is -0.481 e. The van der Waals surface area contributed by atoms with Gasteiger partial charge in [-0.05, 0) is 109 Å². The van der Waals surface area contributed by atoms with Crippen LogP contribution < -0.4 is 15.0 Å². The van der Waals surface area contributed by atoms with Gasteiger partial charge >= 0.3 is 35.9 Å². The number of rotatable bonds is 19. The quantitative estimate of drug-likeness (QED) is 0.154. The van der Waals surface area contributed by atoms with Crippen molar-refractivity contribution < 1.29 is 71.5 Å². The molecule has 3 amide bonds. The minimum atomic E-state index is -0.911. The average molecular weight is 1020 g/mol. The normalized spacial score (nSPS) is 15.2. The van der Waals surface area contributed by atoms with Crippen LogP contribution in [0.25, 0.3) is 0 Å². The largest absolute Gasteiger partial charge is 0.481 e. The number of nitrogens with one attached hydrogen (secondary N) is 1. The molecule has 0 saturated carbocycles. The fourth-order valence-corrected chi connectivity index (χ4v) is 6.87. The van der Waals surface area contributed by atoms with E-state index in [4.69, 9.17) is 33.2 Å². The van der Waals surface area contributed by atoms with Gasteiger partial charge in [-0.15, -0.1) is 0 Å². The maximum Gasteiger partial charge on any atom is 0.416 e. The van der Waals surface area contributed by atoms with Gasteiger partial charge in [0.15, 0.2) is 6.61 Å². The predicted octanol–water partition coefficient (Wildman–Crippen LogP) is 3.58. The number of likely N-dealkylation sites (N-methyl/N-ethyl adjacent to an activating group) is 1. The van der Waals surface area contributed by atoms with Crippen molar-refractivity contribution in [3.05, 3.63) is 18.2 Å². The van der Waals surface area contributed by atoms with E-state index in [0.717, 1.165) is 4.90 Å². The molecule has 1 aromatic rings. The molecule has 0 spiro atoms. The van der Waals surface area contributed by atoms with Crippen LogP contribution >= 0.6 is 0 Å². The topological polar surface area (TPSA) is 233 Å². The summed E-state index contributed by atoms with van der Waals surface area (Å²) >= 11 is 0. The Morgan fingerprint density at radius 3 is 1.24 bits per heavy atom. The first-order valence-corrected chi connectivity index (χ1v) is 24.4. The number of anilines is 2. The molecule has 1 heterocycles. The Balaban J connectivity index is 2.56. The lowest BCUT2D eigenvalue weighted by Gasteiger charge is -2.34. The molecule has 0 unspecified atom stereocenters. The van der Waals surface area contributed by atoms with Crippen LogP contribution in [0.15, 0.2) is 18.2 Å². The lowest BCUT2D eigenvalue weighted by atomic mass is 10.2. The Hall–Kier alpha value is -5.58. The van der Waals surface area contributed by atoms with Crippen LogP contribution in [-0.2, 0) is 62.0 Å². The van der Waals surface area contributed by atoms with Crippen LogP contribution in [0.3, 0.4) is 0 Å². The van der Waals surface area contributed by atoms with Crippen LogP contribution in [0.5, 0.6) is 5.75 Å². The van der Waals surface area contributed by atoms with Crippen molar-refractivity contribution in [1.29, 1.82) is 0 Å². The van der Waals surface area contributed by atoms with Crippen LogP contribution in [-0.4, -0.2) is 213 Å². The first-order chi connectivity index (χ1) is 33.2. The van der Waals surface area contributed by atoms with Crippen molar-refractivity contribution in [2.45, 2.75) is 119 Å². The highest BCUT2D eigenvalue weighted by Gasteiger charge is 2.29. The van der Waals surface area contributed by atoms with Crippen LogP contribution in [0, 0.1) is 0 Å². The zero-order valence-corrected chi connectivity index (χ0v) is 45.6. The number of hydrogen-bond acceptors (Lipinski definition) is 20. The third kappa shape index (κ3) is 26.7. The van der Waals surface area contributed by atoms with Gasteiger partial charge in [0.1, 0.15) is 41.2 Å². The van der Waals surface area contributed by atoms with Gasteiger partial charge in [-0.2, -0.15) is 0 Å². The monoisotopic (exact) mass is 1020 g/mol. The summed E-state index contributed by atoms with van der Waals surface area (Å²) in [6, 6.07) is 4.45. The van der Waals surface area contributed by atoms with Gasteiger partial charge in [0.25, 0.3) is 5.91 Å². The van der Waals surface area contributed by atoms with Gasteiger partial charge in [-0.3, -0.25) is 53.2 Å². The Bertz CT molecular complexity index is 1920. The van der Waals surface area contributed by atoms with E-state index in [-0.39, 0.29) is 56.5 Å². The van der Waals surface area contributed by atoms with Gasteiger partial charge in [-0.1, -0.05) is 0 Å². The van der Waals surface area contributed by atoms with E-state index in [0.29, 0.717) is 52.4 Å². The second kappa shape index (κ2) is 28.6. The minimum absolute atomic E-state index is 0.0217. The van der Waals surface area contributed by atoms with Gasteiger partial charge in [-0.25, -0.2) is 9.69 Å². The van der Waals surface area contributed by atoms with Crippen molar-refractivity contribution in [3.8, 4) is 5.75 Å². The lowest BCUT2D eigenvalue weighted by molar-refractivity contribution is -0.158. The molecular formula is C50H83N7O15. The van der Waals surface area contributed by atoms with E-state index >= 15 is 0 Å². The summed E-state index contributed by atoms with van der Waals surface area (Å²) < 4.78 is 38.6. The fourth-order valence-electron chi connectivity index (χ4n) is 6.87. The molecule has 2 rings (SSSR count). The van der Waals surface area contributed by atoms with E-state index in [2.05, 4.69) is 5.32 Å². The Morgan fingerprint density at radius 2 is 0.889 bits per heavy atom. The Labute approximate surface area is 426 Å². The van der Waals surface area contributed by atoms with Crippen LogP contribution in [0.2, 0.25) is 0 Å². The maximum atomic E-state index is 14.1. The molecule has 22 heteroatoms. The number of benzene rings is 1. The fraction of sp³-hybridized carbons (Fsp3) is 0.720. The molecule has 0 aromatic heterocycles. The molecule has 0 bridgehead atoms. The summed E-state index contributed by atoms with van der Waals surface area (Å²) in [6.07, 6.45) is -0.911. The highest BCUT2D eigenvalue weighted by atomic mass is 16.6. The summed E-state index contributed by atoms with van der Waals surface area (Å²) in [7, 11) is 1.23. The van der Waals surface area contributed by atoms with Gasteiger partial charge in [0, 0.05) is 71.2 Å². The number of nitrogens with zero attached hydrogens (tertiary/aromatic N) is 6. The molecule has 0 aliphatic carbocycles. The highest BCUT2D eigenvalue weighted by Crippen LogP contribution is 2.32. The molecule has 1 aliphatic heterocycles. The van der Waals surface area contributed by atoms with Crippen molar-refractivity contribution >= 4 is 59.1 Å². The lowest BCUT2D eigenvalue weighted by Crippen LogP contribution is -2.50. The van der Waals surface area contributed by atoms with Crippen molar-refractivity contribution in [2.75, 3.05) is 129 Å². The third-order valence-corrected chi connectivity index (χ3v) is 9.84. The predicted molar refractivity (Wildman–Crippen MR) is 268 cm³/mol. The Morgan fingerprint density at radius 1 is 0.528 bits per heavy atom. The number of esters is 5. The molecule has 72 heavy (non-hydrogen) atoms. The number of hydrogen-bond donors (Lipinski definition) is 1. The summed E-state index contributed by atoms with van der Waals surface area (Å²) in [6.45, 7) is 25.3. The first-order valence-electron chi connectivity index (χ1n) is 24.4. The summed E-state index contributed by atoms with van der Waals surface area (Å²) in [5, 5.41) is 2.88. The van der Waals surface area contributed by atoms with Gasteiger partial charge in [0.2, 0.25) is 5.91 Å². The SMILES string of the molecule is CCOC(=O)CN(CC(=O)OCC)c1ccc(NC(=O)CN2CCN(CC(=O)OC(C)(C)C)CCN(CC(=O)OC(C)(C)C)CCN(CC(=O)OC(C)(C)C)CC2)cc1OCC(=O)N(C)C(=O)OC(C)(C)C. The molecule has 0 atom stereocenters. The molecule has 1 aromatic carbocycles. The highest BCUT2D eigenvalue weighted by molar-refractivity contribution is 5.94. The number of carbonyl (C=O) groups is 8. The molecular weight excluding hydrogens is 939 g/mol. The van der Waals surface area contributed by atoms with Crippen molar-refractivity contribution in [2.24, 2.45) is 0 Å². The standard InChI is InChI=1S/C50H83N7O15/c1-16-66-41(60)33-57(34-42(61)67-17-2)37-19-18-36(28-38(37)68-35-40(59)52(15)46(65)72-50(12,13)14)51-39(58)29-53-20-22-54(30-43(62)69-47(3,4)5)24-26-56(32-45(64)71-49(9,10)11)27-25-55(23-21-53)31-44(63)70-48(6,7)8/h18-19,28H,16-17,20-27,29-35H2,1-15H3,(H,51,58). The van der Waals surface area contributed by atoms with Gasteiger partial charge < -0.3 is 43.4 Å². The summed E-state index contributed by atoms with van der Waals surface area (Å²) in [5.41, 5.74) is -2.67. The number of ether oxygens (including phenoxy) is 7. The number of imide groups is 1. The zero-order chi connectivity index (χ0) is 54.6. The van der Waals surface area contributed by atoms with E-state index in [1.165, 1.54) is 30.1 Å². The van der Waals surface area contributed by atoms with Crippen molar-refractivity contribution in [1.82, 2.24) is 24.5 Å². The first kappa shape index (κ1) is 62.5. The number of amides is 3. The smallest absolute Gasteiger partial charge is 0.416 e. The maximum absolute atomic E-state index is 14.1. The molecule has 1 aliphatic rings. The van der Waals surface area contributed by atoms with Gasteiger partial charge in [0.05, 0.1) is 45.1 Å². The molecule has 1 N–H and O–H groups in total. The van der Waals surface area contributed by atoms with Crippen LogP contribution in [0.1, 0.15) is 96.9 Å². The zero-order valence-electron chi connectivity index (χ0n) is 45.6. The van der Waals surface area contributed by atoms with E-state index in [1.807, 2.05) is 19.6 Å². The summed E-state index contributed by atoms with van der Waals surface area (Å²) in [5.74, 6) is -3.89. The average Bonchev–Trinajstić information content (AvgIpc) is 3.20. The molecule has 1 fully saturated rings. The summed E-state index contributed by atoms with van der Waals surface area (Å²) in [4.78, 5) is 115. The van der Waals surface area contributed by atoms with E-state index < -0.39 is 89.9 Å². The second-order valence-electron chi connectivity index (χ2n) is 21.3. The molecule has 22 nitrogen and oxygen atoms in total. The molecule has 408 valence electrons.